The summed E-state index contributed by atoms with van der Waals surface area (Å²) >= 11 is 0. The van der Waals surface area contributed by atoms with Crippen LogP contribution in [0.4, 0.5) is 0 Å². The van der Waals surface area contributed by atoms with Crippen LogP contribution in [0, 0.1) is 0 Å². The molecule has 0 aromatic carbocycles. The van der Waals surface area contributed by atoms with Gasteiger partial charge in [0.05, 0.1) is 0 Å². The van der Waals surface area contributed by atoms with Gasteiger partial charge in [0.2, 0.25) is 0 Å². The van der Waals surface area contributed by atoms with Crippen LogP contribution in [0.5, 0.6) is 0 Å². The average molecular weight is 185 g/mol. The van der Waals surface area contributed by atoms with Crippen molar-refractivity contribution in [1.29, 1.82) is 0 Å². The van der Waals surface area contributed by atoms with E-state index in [0.717, 1.165) is 0 Å². The zero-order valence-corrected chi connectivity index (χ0v) is 12.6. The van der Waals surface area contributed by atoms with Gasteiger partial charge in [0.15, 0.2) is 0 Å². The molecule has 0 aliphatic rings. The SMILES string of the molecule is C[Si](C)(C)[Si](C)(C)C.[NH2-].[Na+]. The maximum absolute atomic E-state index is 2.47. The van der Waals surface area contributed by atoms with E-state index in [4.69, 9.17) is 0 Å². The summed E-state index contributed by atoms with van der Waals surface area (Å²) < 4.78 is 0. The van der Waals surface area contributed by atoms with E-state index in [1.54, 1.807) is 0 Å². The second kappa shape index (κ2) is 5.11. The molecule has 1 nitrogen and oxygen atoms in total. The second-order valence-electron chi connectivity index (χ2n) is 4.50. The zero-order chi connectivity index (χ0) is 7.00. The zero-order valence-electron chi connectivity index (χ0n) is 8.58. The van der Waals surface area contributed by atoms with E-state index in [0.29, 0.717) is 0 Å². The van der Waals surface area contributed by atoms with E-state index in [2.05, 4.69) is 39.3 Å². The molecule has 58 valence electrons. The predicted octanol–water partition coefficient (Wildman–Crippen LogP) is 0.462. The van der Waals surface area contributed by atoms with Crippen molar-refractivity contribution in [2.75, 3.05) is 0 Å². The van der Waals surface area contributed by atoms with Gasteiger partial charge in [-0.15, -0.1) is 0 Å². The third-order valence-electron chi connectivity index (χ3n) is 2.25. The normalized spacial score (nSPS) is 11.4. The first-order valence-electron chi connectivity index (χ1n) is 3.25. The van der Waals surface area contributed by atoms with Crippen LogP contribution in [-0.2, 0) is 0 Å². The summed E-state index contributed by atoms with van der Waals surface area (Å²) in [5.41, 5.74) is 0. The number of hydrogen-bond donors (Lipinski definition) is 0. The Labute approximate surface area is 89.7 Å². The van der Waals surface area contributed by atoms with E-state index in [-0.39, 0.29) is 35.7 Å². The topological polar surface area (TPSA) is 33.5 Å². The monoisotopic (exact) mass is 185 g/mol. The predicted molar refractivity (Wildman–Crippen MR) is 52.0 cm³/mol. The van der Waals surface area contributed by atoms with Crippen LogP contribution in [0.15, 0.2) is 0 Å². The van der Waals surface area contributed by atoms with Crippen molar-refractivity contribution in [2.24, 2.45) is 0 Å². The van der Waals surface area contributed by atoms with Gasteiger partial charge in [-0.05, 0) is 0 Å². The molecule has 0 aliphatic heterocycles. The Hall–Kier alpha value is 1.39. The van der Waals surface area contributed by atoms with Crippen LogP contribution in [0.25, 0.3) is 6.15 Å². The Balaban J connectivity index is -0.000000245. The van der Waals surface area contributed by atoms with Crippen LogP contribution in [0.1, 0.15) is 0 Å². The molecule has 0 aromatic heterocycles. The summed E-state index contributed by atoms with van der Waals surface area (Å²) in [6.45, 7) is 14.8. The summed E-state index contributed by atoms with van der Waals surface area (Å²) in [5.74, 6) is 0. The van der Waals surface area contributed by atoms with Gasteiger partial charge in [-0.2, -0.15) is 0 Å². The van der Waals surface area contributed by atoms with Gasteiger partial charge >= 0.3 is 29.6 Å². The third-order valence-corrected chi connectivity index (χ3v) is 20.2. The molecule has 10 heavy (non-hydrogen) atoms. The molecule has 4 heteroatoms. The first-order valence-corrected chi connectivity index (χ1v) is 11.2. The quantitative estimate of drug-likeness (QED) is 0.532. The fourth-order valence-corrected chi connectivity index (χ4v) is 0. The minimum absolute atomic E-state index is 0. The summed E-state index contributed by atoms with van der Waals surface area (Å²) in [7, 11) is -1.44. The van der Waals surface area contributed by atoms with Crippen molar-refractivity contribution >= 4 is 15.2 Å². The first kappa shape index (κ1) is 17.5. The molecule has 0 unspecified atom stereocenters. The van der Waals surface area contributed by atoms with E-state index in [1.807, 2.05) is 0 Å². The smallest absolute Gasteiger partial charge is 0.693 e. The molecule has 0 atom stereocenters. The van der Waals surface area contributed by atoms with Crippen molar-refractivity contribution in [3.8, 4) is 0 Å². The summed E-state index contributed by atoms with van der Waals surface area (Å²) in [5, 5.41) is 0. The molecule has 0 radical (unpaired) electrons. The van der Waals surface area contributed by atoms with Gasteiger partial charge in [0.1, 0.15) is 0 Å². The number of nitrogens with two attached hydrogens (primary N) is 1. The van der Waals surface area contributed by atoms with Gasteiger partial charge in [0.25, 0.3) is 0 Å². The first-order chi connectivity index (χ1) is 3.25. The fourth-order valence-electron chi connectivity index (χ4n) is 0. The Bertz CT molecular complexity index is 70.7. The number of rotatable bonds is 1. The molecule has 0 rings (SSSR count). The van der Waals surface area contributed by atoms with Crippen LogP contribution in [0.2, 0.25) is 39.3 Å². The van der Waals surface area contributed by atoms with Crippen LogP contribution >= 0.6 is 0 Å². The second-order valence-corrected chi connectivity index (χ2v) is 22.5. The molecule has 0 saturated heterocycles. The van der Waals surface area contributed by atoms with Crippen molar-refractivity contribution in [1.82, 2.24) is 0 Å². The fraction of sp³-hybridized carbons (Fsp3) is 1.00. The molecule has 0 amide bonds. The largest absolute Gasteiger partial charge is 1.00 e. The van der Waals surface area contributed by atoms with Crippen molar-refractivity contribution in [2.45, 2.75) is 39.3 Å². The van der Waals surface area contributed by atoms with E-state index >= 15 is 0 Å². The Kier molecular flexibility index (Phi) is 8.93. The molecule has 0 bridgehead atoms. The molecule has 0 spiro atoms. The molecular weight excluding hydrogens is 165 g/mol. The van der Waals surface area contributed by atoms with Gasteiger partial charge in [0, 0.05) is 15.2 Å². The maximum Gasteiger partial charge on any atom is 1.00 e. The van der Waals surface area contributed by atoms with Gasteiger partial charge in [-0.3, -0.25) is 0 Å². The van der Waals surface area contributed by atoms with E-state index in [9.17, 15) is 0 Å². The Morgan fingerprint density at radius 3 is 0.700 bits per heavy atom. The molecule has 0 fully saturated rings. The Morgan fingerprint density at radius 2 is 0.700 bits per heavy atom. The van der Waals surface area contributed by atoms with Crippen molar-refractivity contribution in [3.63, 3.8) is 0 Å². The van der Waals surface area contributed by atoms with Crippen LogP contribution in [-0.4, -0.2) is 15.2 Å². The minimum atomic E-state index is -0.720. The van der Waals surface area contributed by atoms with Crippen molar-refractivity contribution < 1.29 is 29.6 Å². The summed E-state index contributed by atoms with van der Waals surface area (Å²) in [4.78, 5) is 0. The van der Waals surface area contributed by atoms with E-state index < -0.39 is 15.2 Å². The summed E-state index contributed by atoms with van der Waals surface area (Å²) in [6.07, 6.45) is 0. The average Bonchev–Trinajstić information content (AvgIpc) is 1.25. The van der Waals surface area contributed by atoms with Gasteiger partial charge in [-0.1, -0.05) is 39.3 Å². The third kappa shape index (κ3) is 6.13. The Morgan fingerprint density at radius 1 is 0.600 bits per heavy atom. The standard InChI is InChI=1S/C6H18Si2.H2N.Na/c1-7(2,3)8(4,5)6;;/h1-6H3;1H2;/q;-1;+1. The summed E-state index contributed by atoms with van der Waals surface area (Å²) in [6, 6.07) is 0. The molecule has 0 saturated carbocycles. The van der Waals surface area contributed by atoms with Gasteiger partial charge in [-0.25, -0.2) is 0 Å². The van der Waals surface area contributed by atoms with Crippen LogP contribution < -0.4 is 29.6 Å². The molecular formula is C6H20NNaSi2. The molecule has 2 N–H and O–H groups in total. The molecule has 0 aliphatic carbocycles. The van der Waals surface area contributed by atoms with Gasteiger partial charge < -0.3 is 6.15 Å². The number of hydrogen-bond acceptors (Lipinski definition) is 0. The minimum Gasteiger partial charge on any atom is -0.693 e. The molecule has 0 aromatic rings. The van der Waals surface area contributed by atoms with E-state index in [1.165, 1.54) is 0 Å². The van der Waals surface area contributed by atoms with Crippen LogP contribution in [0.3, 0.4) is 0 Å². The molecule has 0 heterocycles. The van der Waals surface area contributed by atoms with Crippen molar-refractivity contribution in [3.05, 3.63) is 6.15 Å². The maximum atomic E-state index is 2.47.